The third-order valence-corrected chi connectivity index (χ3v) is 3.51. The van der Waals surface area contributed by atoms with Crippen molar-refractivity contribution in [1.29, 1.82) is 0 Å². The highest BCUT2D eigenvalue weighted by atomic mass is 19.4. The molecule has 1 amide bonds. The number of carbonyl (C=O) groups is 1. The number of hydrogen-bond acceptors (Lipinski definition) is 3. The normalized spacial score (nSPS) is 11.0. The topological polar surface area (TPSA) is 54.0 Å². The Morgan fingerprint density at radius 2 is 1.58 bits per heavy atom. The Morgan fingerprint density at radius 3 is 2.23 bits per heavy atom. The zero-order valence-electron chi connectivity index (χ0n) is 13.4. The summed E-state index contributed by atoms with van der Waals surface area (Å²) in [5.74, 6) is -0.373. The van der Waals surface area contributed by atoms with Crippen LogP contribution in [-0.4, -0.2) is 10.9 Å². The monoisotopic (exact) mass is 357 g/mol. The summed E-state index contributed by atoms with van der Waals surface area (Å²) in [7, 11) is 0. The van der Waals surface area contributed by atoms with E-state index in [4.69, 9.17) is 0 Å². The van der Waals surface area contributed by atoms with Crippen LogP contribution >= 0.6 is 0 Å². The number of amides is 1. The first-order chi connectivity index (χ1) is 12.4. The SMILES string of the molecule is O=C(Nc1ccccc1)c1ccc(Nc2cccc(C(F)(F)F)c2)cn1. The maximum Gasteiger partial charge on any atom is 0.416 e. The highest BCUT2D eigenvalue weighted by Gasteiger charge is 2.30. The van der Waals surface area contributed by atoms with Crippen LogP contribution in [0.1, 0.15) is 16.1 Å². The van der Waals surface area contributed by atoms with Crippen molar-refractivity contribution in [2.75, 3.05) is 10.6 Å². The second-order valence-electron chi connectivity index (χ2n) is 5.46. The number of hydrogen-bond donors (Lipinski definition) is 2. The molecule has 0 bridgehead atoms. The van der Waals surface area contributed by atoms with Crippen molar-refractivity contribution < 1.29 is 18.0 Å². The van der Waals surface area contributed by atoms with Gasteiger partial charge in [0.15, 0.2) is 0 Å². The van der Waals surface area contributed by atoms with Crippen LogP contribution in [-0.2, 0) is 6.18 Å². The average Bonchev–Trinajstić information content (AvgIpc) is 2.63. The molecule has 3 rings (SSSR count). The van der Waals surface area contributed by atoms with Crippen molar-refractivity contribution in [3.63, 3.8) is 0 Å². The highest BCUT2D eigenvalue weighted by Crippen LogP contribution is 2.31. The second kappa shape index (κ2) is 7.26. The summed E-state index contributed by atoms with van der Waals surface area (Å²) >= 11 is 0. The predicted molar refractivity (Wildman–Crippen MR) is 93.4 cm³/mol. The molecule has 2 aromatic carbocycles. The summed E-state index contributed by atoms with van der Waals surface area (Å²) in [4.78, 5) is 16.2. The Kier molecular flexibility index (Phi) is 4.88. The third kappa shape index (κ3) is 4.38. The summed E-state index contributed by atoms with van der Waals surface area (Å²) in [5, 5.41) is 5.54. The van der Waals surface area contributed by atoms with Gasteiger partial charge in [0.2, 0.25) is 0 Å². The zero-order valence-corrected chi connectivity index (χ0v) is 13.4. The lowest BCUT2D eigenvalue weighted by atomic mass is 10.2. The first kappa shape index (κ1) is 17.5. The molecular weight excluding hydrogens is 343 g/mol. The third-order valence-electron chi connectivity index (χ3n) is 3.51. The predicted octanol–water partition coefficient (Wildman–Crippen LogP) is 5.10. The van der Waals surface area contributed by atoms with Gasteiger partial charge in [-0.3, -0.25) is 4.79 Å². The van der Waals surface area contributed by atoms with Gasteiger partial charge in [0.25, 0.3) is 5.91 Å². The Hall–Kier alpha value is -3.35. The average molecular weight is 357 g/mol. The van der Waals surface area contributed by atoms with E-state index < -0.39 is 11.7 Å². The van der Waals surface area contributed by atoms with Crippen molar-refractivity contribution in [1.82, 2.24) is 4.98 Å². The van der Waals surface area contributed by atoms with Gasteiger partial charge >= 0.3 is 6.18 Å². The number of benzene rings is 2. The Bertz CT molecular complexity index is 894. The van der Waals surface area contributed by atoms with Crippen LogP contribution in [0.25, 0.3) is 0 Å². The molecule has 3 aromatic rings. The number of anilines is 3. The molecule has 132 valence electrons. The van der Waals surface area contributed by atoms with Crippen molar-refractivity contribution in [2.45, 2.75) is 6.18 Å². The molecule has 0 saturated heterocycles. The molecule has 0 aliphatic rings. The van der Waals surface area contributed by atoms with Crippen molar-refractivity contribution in [3.8, 4) is 0 Å². The summed E-state index contributed by atoms with van der Waals surface area (Å²) in [6, 6.07) is 16.9. The largest absolute Gasteiger partial charge is 0.416 e. The van der Waals surface area contributed by atoms with E-state index in [0.29, 0.717) is 11.4 Å². The summed E-state index contributed by atoms with van der Waals surface area (Å²) < 4.78 is 38.2. The quantitative estimate of drug-likeness (QED) is 0.683. The van der Waals surface area contributed by atoms with Crippen molar-refractivity contribution in [2.24, 2.45) is 0 Å². The smallest absolute Gasteiger partial charge is 0.354 e. The van der Waals surface area contributed by atoms with Gasteiger partial charge < -0.3 is 10.6 Å². The van der Waals surface area contributed by atoms with Crippen molar-refractivity contribution >= 4 is 23.0 Å². The number of nitrogens with one attached hydrogen (secondary N) is 2. The van der Waals surface area contributed by atoms with Crippen molar-refractivity contribution in [3.05, 3.63) is 84.2 Å². The molecular formula is C19H14F3N3O. The van der Waals surface area contributed by atoms with Crippen LogP contribution in [0.2, 0.25) is 0 Å². The van der Waals surface area contributed by atoms with E-state index in [1.165, 1.54) is 24.4 Å². The molecule has 0 saturated carbocycles. The summed E-state index contributed by atoms with van der Waals surface area (Å²) in [6.45, 7) is 0. The molecule has 0 aliphatic carbocycles. The van der Waals surface area contributed by atoms with E-state index in [1.807, 2.05) is 6.07 Å². The molecule has 0 radical (unpaired) electrons. The van der Waals surface area contributed by atoms with Gasteiger partial charge in [-0.05, 0) is 42.5 Å². The fourth-order valence-electron chi connectivity index (χ4n) is 2.26. The maximum absolute atomic E-state index is 12.7. The van der Waals surface area contributed by atoms with Gasteiger partial charge in [-0.1, -0.05) is 24.3 Å². The number of pyridine rings is 1. The van der Waals surface area contributed by atoms with Crippen LogP contribution in [0.4, 0.5) is 30.2 Å². The van der Waals surface area contributed by atoms with Crippen LogP contribution in [0, 0.1) is 0 Å². The Morgan fingerprint density at radius 1 is 0.846 bits per heavy atom. The lowest BCUT2D eigenvalue weighted by Gasteiger charge is -2.11. The molecule has 1 heterocycles. The zero-order chi connectivity index (χ0) is 18.6. The van der Waals surface area contributed by atoms with Crippen LogP contribution in [0.3, 0.4) is 0 Å². The number of halogens is 3. The molecule has 0 atom stereocenters. The number of alkyl halides is 3. The number of rotatable bonds is 4. The molecule has 4 nitrogen and oxygen atoms in total. The Balaban J connectivity index is 1.69. The van der Waals surface area contributed by atoms with E-state index in [-0.39, 0.29) is 17.3 Å². The fraction of sp³-hybridized carbons (Fsp3) is 0.0526. The number of para-hydroxylation sites is 1. The molecule has 0 spiro atoms. The van der Waals surface area contributed by atoms with E-state index in [0.717, 1.165) is 12.1 Å². The van der Waals surface area contributed by atoms with Gasteiger partial charge in [-0.2, -0.15) is 13.2 Å². The van der Waals surface area contributed by atoms with Crippen LogP contribution in [0.15, 0.2) is 72.9 Å². The number of aromatic nitrogens is 1. The van der Waals surface area contributed by atoms with Gasteiger partial charge in [-0.15, -0.1) is 0 Å². The molecule has 0 aliphatic heterocycles. The molecule has 1 aromatic heterocycles. The minimum Gasteiger partial charge on any atom is -0.354 e. The van der Waals surface area contributed by atoms with E-state index in [9.17, 15) is 18.0 Å². The molecule has 26 heavy (non-hydrogen) atoms. The fourth-order valence-corrected chi connectivity index (χ4v) is 2.26. The maximum atomic E-state index is 12.7. The lowest BCUT2D eigenvalue weighted by Crippen LogP contribution is -2.13. The van der Waals surface area contributed by atoms with Crippen LogP contribution in [0.5, 0.6) is 0 Å². The van der Waals surface area contributed by atoms with E-state index in [1.54, 1.807) is 30.3 Å². The summed E-state index contributed by atoms with van der Waals surface area (Å²) in [5.41, 5.74) is 0.854. The number of carbonyl (C=O) groups excluding carboxylic acids is 1. The van der Waals surface area contributed by atoms with Gasteiger partial charge in [0.05, 0.1) is 17.4 Å². The summed E-state index contributed by atoms with van der Waals surface area (Å²) in [6.07, 6.45) is -3.02. The minimum absolute atomic E-state index is 0.198. The van der Waals surface area contributed by atoms with Crippen LogP contribution < -0.4 is 10.6 Å². The molecule has 7 heteroatoms. The molecule has 0 fully saturated rings. The highest BCUT2D eigenvalue weighted by molar-refractivity contribution is 6.02. The van der Waals surface area contributed by atoms with Gasteiger partial charge in [0, 0.05) is 11.4 Å². The second-order valence-corrected chi connectivity index (χ2v) is 5.46. The first-order valence-electron chi connectivity index (χ1n) is 7.68. The molecule has 0 unspecified atom stereocenters. The Labute approximate surface area is 147 Å². The van der Waals surface area contributed by atoms with Gasteiger partial charge in [0.1, 0.15) is 5.69 Å². The van der Waals surface area contributed by atoms with E-state index >= 15 is 0 Å². The minimum atomic E-state index is -4.41. The lowest BCUT2D eigenvalue weighted by molar-refractivity contribution is -0.137. The molecule has 2 N–H and O–H groups in total. The van der Waals surface area contributed by atoms with Gasteiger partial charge in [-0.25, -0.2) is 4.98 Å². The number of nitrogens with zero attached hydrogens (tertiary/aromatic N) is 1. The first-order valence-corrected chi connectivity index (χ1v) is 7.68. The van der Waals surface area contributed by atoms with E-state index in [2.05, 4.69) is 15.6 Å². The standard InChI is InChI=1S/C19H14F3N3O/c20-19(21,22)13-5-4-8-15(11-13)24-16-9-10-17(23-12-16)18(26)25-14-6-2-1-3-7-14/h1-12,24H,(H,25,26).